The average Bonchev–Trinajstić information content (AvgIpc) is 2.45. The third-order valence-electron chi connectivity index (χ3n) is 2.68. The van der Waals surface area contributed by atoms with Crippen molar-refractivity contribution < 1.29 is 14.6 Å². The van der Waals surface area contributed by atoms with Gasteiger partial charge in [-0.05, 0) is 48.0 Å². The molecule has 0 spiro atoms. The van der Waals surface area contributed by atoms with Crippen molar-refractivity contribution in [2.45, 2.75) is 19.3 Å². The highest BCUT2D eigenvalue weighted by molar-refractivity contribution is 6.34. The molecule has 6 heteroatoms. The van der Waals surface area contributed by atoms with Crippen LogP contribution in [0.3, 0.4) is 0 Å². The van der Waals surface area contributed by atoms with Crippen LogP contribution in [0, 0.1) is 11.3 Å². The van der Waals surface area contributed by atoms with E-state index in [2.05, 4.69) is 0 Å². The molecule has 1 N–H and O–H groups in total. The van der Waals surface area contributed by atoms with Crippen LogP contribution in [-0.4, -0.2) is 10.9 Å². The summed E-state index contributed by atoms with van der Waals surface area (Å²) in [6, 6.07) is 13.4. The zero-order valence-electron chi connectivity index (χ0n) is 11.7. The van der Waals surface area contributed by atoms with E-state index in [1.807, 2.05) is 0 Å². The van der Waals surface area contributed by atoms with E-state index in [1.54, 1.807) is 48.5 Å². The normalized spacial score (nSPS) is 13.0. The molecule has 0 aromatic heterocycles. The van der Waals surface area contributed by atoms with Crippen molar-refractivity contribution in [3.05, 3.63) is 58.1 Å². The molecular formula is C16H13Cl2NO3. The van der Waals surface area contributed by atoms with Gasteiger partial charge in [0, 0.05) is 17.0 Å². The standard InChI is InChI=1S/C16H13Cl2NO3/c1-16(20,10-19)22-15-4-2-14(3-5-15)21-9-11-6-12(17)8-13(18)7-11/h2-8,20H,9H2,1H3. The van der Waals surface area contributed by atoms with Gasteiger partial charge in [-0.2, -0.15) is 5.26 Å². The van der Waals surface area contributed by atoms with Gasteiger partial charge in [0.05, 0.1) is 0 Å². The van der Waals surface area contributed by atoms with E-state index < -0.39 is 5.79 Å². The second-order valence-electron chi connectivity index (χ2n) is 4.73. The van der Waals surface area contributed by atoms with Gasteiger partial charge in [-0.1, -0.05) is 23.2 Å². The molecule has 2 rings (SSSR count). The minimum Gasteiger partial charge on any atom is -0.489 e. The number of aliphatic hydroxyl groups is 1. The molecule has 0 aliphatic rings. The Morgan fingerprint density at radius 3 is 2.18 bits per heavy atom. The second-order valence-corrected chi connectivity index (χ2v) is 5.61. The van der Waals surface area contributed by atoms with Crippen LogP contribution >= 0.6 is 23.2 Å². The average molecular weight is 338 g/mol. The summed E-state index contributed by atoms with van der Waals surface area (Å²) in [5, 5.41) is 19.3. The third kappa shape index (κ3) is 4.81. The van der Waals surface area contributed by atoms with Crippen molar-refractivity contribution in [1.29, 1.82) is 5.26 Å². The predicted octanol–water partition coefficient (Wildman–Crippen LogP) is 4.18. The maximum absolute atomic E-state index is 9.51. The fourth-order valence-corrected chi connectivity index (χ4v) is 2.29. The first kappa shape index (κ1) is 16.4. The third-order valence-corrected chi connectivity index (χ3v) is 3.11. The Hall–Kier alpha value is -1.93. The van der Waals surface area contributed by atoms with Gasteiger partial charge in [0.15, 0.2) is 0 Å². The van der Waals surface area contributed by atoms with Crippen LogP contribution in [0.25, 0.3) is 0 Å². The predicted molar refractivity (Wildman–Crippen MR) is 84.1 cm³/mol. The molecule has 1 unspecified atom stereocenters. The maximum atomic E-state index is 9.51. The molecule has 2 aromatic carbocycles. The number of halogens is 2. The number of rotatable bonds is 5. The fraction of sp³-hybridized carbons (Fsp3) is 0.188. The van der Waals surface area contributed by atoms with Crippen molar-refractivity contribution in [3.8, 4) is 17.6 Å². The fourth-order valence-electron chi connectivity index (χ4n) is 1.72. The summed E-state index contributed by atoms with van der Waals surface area (Å²) in [5.74, 6) is -0.885. The molecule has 0 bridgehead atoms. The van der Waals surface area contributed by atoms with Gasteiger partial charge in [-0.25, -0.2) is 0 Å². The summed E-state index contributed by atoms with van der Waals surface area (Å²) < 4.78 is 10.7. The minimum absolute atomic E-state index is 0.316. The molecule has 22 heavy (non-hydrogen) atoms. The SMILES string of the molecule is CC(O)(C#N)Oc1ccc(OCc2cc(Cl)cc(Cl)c2)cc1. The van der Waals surface area contributed by atoms with Crippen molar-refractivity contribution in [2.75, 3.05) is 0 Å². The van der Waals surface area contributed by atoms with Crippen LogP contribution in [0.4, 0.5) is 0 Å². The first-order valence-corrected chi connectivity index (χ1v) is 7.14. The summed E-state index contributed by atoms with van der Waals surface area (Å²) in [4.78, 5) is 0. The molecule has 2 aromatic rings. The largest absolute Gasteiger partial charge is 0.489 e. The topological polar surface area (TPSA) is 62.5 Å². The Morgan fingerprint density at radius 2 is 1.64 bits per heavy atom. The van der Waals surface area contributed by atoms with E-state index in [0.717, 1.165) is 5.56 Å². The lowest BCUT2D eigenvalue weighted by Gasteiger charge is -2.16. The second kappa shape index (κ2) is 6.89. The van der Waals surface area contributed by atoms with Crippen LogP contribution in [-0.2, 0) is 6.61 Å². The first-order chi connectivity index (χ1) is 10.4. The highest BCUT2D eigenvalue weighted by atomic mass is 35.5. The maximum Gasteiger partial charge on any atom is 0.295 e. The lowest BCUT2D eigenvalue weighted by atomic mass is 10.2. The molecule has 0 aliphatic carbocycles. The van der Waals surface area contributed by atoms with Crippen LogP contribution in [0.5, 0.6) is 11.5 Å². The summed E-state index contributed by atoms with van der Waals surface area (Å²) in [6.07, 6.45) is 0. The van der Waals surface area contributed by atoms with Gasteiger partial charge in [-0.3, -0.25) is 0 Å². The van der Waals surface area contributed by atoms with E-state index in [1.165, 1.54) is 6.92 Å². The minimum atomic E-state index is -1.86. The van der Waals surface area contributed by atoms with E-state index in [0.29, 0.717) is 28.2 Å². The van der Waals surface area contributed by atoms with Crippen LogP contribution in [0.2, 0.25) is 10.0 Å². The Balaban J connectivity index is 1.98. The molecule has 0 heterocycles. The molecular weight excluding hydrogens is 325 g/mol. The Kier molecular flexibility index (Phi) is 5.15. The summed E-state index contributed by atoms with van der Waals surface area (Å²) in [5.41, 5.74) is 0.852. The van der Waals surface area contributed by atoms with Crippen LogP contribution in [0.1, 0.15) is 12.5 Å². The summed E-state index contributed by atoms with van der Waals surface area (Å²) >= 11 is 11.8. The quantitative estimate of drug-likeness (QED) is 0.656. The number of ether oxygens (including phenoxy) is 2. The van der Waals surface area contributed by atoms with Gasteiger partial charge in [-0.15, -0.1) is 0 Å². The lowest BCUT2D eigenvalue weighted by molar-refractivity contribution is -0.0703. The molecule has 1 atom stereocenters. The van der Waals surface area contributed by atoms with Gasteiger partial charge >= 0.3 is 0 Å². The molecule has 114 valence electrons. The van der Waals surface area contributed by atoms with Crippen LogP contribution in [0.15, 0.2) is 42.5 Å². The smallest absolute Gasteiger partial charge is 0.295 e. The first-order valence-electron chi connectivity index (χ1n) is 6.38. The summed E-state index contributed by atoms with van der Waals surface area (Å²) in [7, 11) is 0. The molecule has 0 saturated carbocycles. The number of nitrogens with zero attached hydrogens (tertiary/aromatic N) is 1. The number of hydrogen-bond acceptors (Lipinski definition) is 4. The van der Waals surface area contributed by atoms with Gasteiger partial charge < -0.3 is 14.6 Å². The molecule has 0 fully saturated rings. The van der Waals surface area contributed by atoms with E-state index in [-0.39, 0.29) is 0 Å². The molecule has 0 saturated heterocycles. The van der Waals surface area contributed by atoms with E-state index in [4.69, 9.17) is 37.9 Å². The molecule has 0 amide bonds. The van der Waals surface area contributed by atoms with Gasteiger partial charge in [0.25, 0.3) is 5.79 Å². The zero-order chi connectivity index (χ0) is 16.2. The zero-order valence-corrected chi connectivity index (χ0v) is 13.2. The number of benzene rings is 2. The summed E-state index contributed by atoms with van der Waals surface area (Å²) in [6.45, 7) is 1.58. The highest BCUT2D eigenvalue weighted by Gasteiger charge is 2.20. The molecule has 4 nitrogen and oxygen atoms in total. The van der Waals surface area contributed by atoms with Crippen molar-refractivity contribution >= 4 is 23.2 Å². The number of hydrogen-bond donors (Lipinski definition) is 1. The van der Waals surface area contributed by atoms with Crippen molar-refractivity contribution in [3.63, 3.8) is 0 Å². The monoisotopic (exact) mass is 337 g/mol. The van der Waals surface area contributed by atoms with Crippen LogP contribution < -0.4 is 9.47 Å². The van der Waals surface area contributed by atoms with E-state index in [9.17, 15) is 5.11 Å². The molecule has 0 radical (unpaired) electrons. The van der Waals surface area contributed by atoms with Crippen molar-refractivity contribution in [1.82, 2.24) is 0 Å². The Morgan fingerprint density at radius 1 is 1.09 bits per heavy atom. The van der Waals surface area contributed by atoms with Gasteiger partial charge in [0.1, 0.15) is 24.2 Å². The van der Waals surface area contributed by atoms with E-state index >= 15 is 0 Å². The van der Waals surface area contributed by atoms with Crippen molar-refractivity contribution in [2.24, 2.45) is 0 Å². The number of nitriles is 1. The Bertz CT molecular complexity index is 673. The molecule has 0 aliphatic heterocycles. The van der Waals surface area contributed by atoms with Gasteiger partial charge in [0.2, 0.25) is 0 Å². The Labute approximate surface area is 138 Å². The highest BCUT2D eigenvalue weighted by Crippen LogP contribution is 2.23. The lowest BCUT2D eigenvalue weighted by Crippen LogP contribution is -2.29.